The molecule has 1 fully saturated rings. The highest BCUT2D eigenvalue weighted by Crippen LogP contribution is 2.13. The molecule has 0 unspecified atom stereocenters. The fourth-order valence-corrected chi connectivity index (χ4v) is 2.67. The van der Waals surface area contributed by atoms with Gasteiger partial charge in [0.2, 0.25) is 0 Å². The molecule has 3 N–H and O–H groups in total. The van der Waals surface area contributed by atoms with Crippen molar-refractivity contribution in [2.45, 2.75) is 13.8 Å². The van der Waals surface area contributed by atoms with Crippen LogP contribution in [0.1, 0.15) is 24.2 Å². The van der Waals surface area contributed by atoms with Crippen LogP contribution in [0.15, 0.2) is 24.3 Å². The zero-order chi connectivity index (χ0) is 16.1. The minimum absolute atomic E-state index is 0.0369. The lowest BCUT2D eigenvalue weighted by Crippen LogP contribution is -2.49. The molecule has 1 saturated heterocycles. The second-order valence-corrected chi connectivity index (χ2v) is 6.05. The summed E-state index contributed by atoms with van der Waals surface area (Å²) in [5.74, 6) is 0.683. The van der Waals surface area contributed by atoms with E-state index in [4.69, 9.17) is 5.73 Å². The van der Waals surface area contributed by atoms with Gasteiger partial charge in [0, 0.05) is 44.0 Å². The van der Waals surface area contributed by atoms with Gasteiger partial charge in [0.05, 0.1) is 0 Å². The van der Waals surface area contributed by atoms with E-state index in [1.807, 2.05) is 4.90 Å². The number of nitrogens with two attached hydrogens (primary N) is 1. The van der Waals surface area contributed by atoms with E-state index in [1.54, 1.807) is 24.3 Å². The van der Waals surface area contributed by atoms with E-state index in [2.05, 4.69) is 24.1 Å². The molecule has 0 bridgehead atoms. The van der Waals surface area contributed by atoms with Gasteiger partial charge in [-0.15, -0.1) is 0 Å². The quantitative estimate of drug-likeness (QED) is 0.886. The molecule has 0 spiro atoms. The molecule has 6 nitrogen and oxygen atoms in total. The highest BCUT2D eigenvalue weighted by molar-refractivity contribution is 5.95. The van der Waals surface area contributed by atoms with Crippen molar-refractivity contribution in [3.8, 4) is 0 Å². The first-order valence-corrected chi connectivity index (χ1v) is 7.64. The van der Waals surface area contributed by atoms with Gasteiger partial charge in [0.1, 0.15) is 0 Å². The van der Waals surface area contributed by atoms with Crippen LogP contribution in [-0.4, -0.2) is 54.5 Å². The summed E-state index contributed by atoms with van der Waals surface area (Å²) < 4.78 is 0. The smallest absolute Gasteiger partial charge is 0.316 e. The van der Waals surface area contributed by atoms with E-state index in [0.29, 0.717) is 17.2 Å². The summed E-state index contributed by atoms with van der Waals surface area (Å²) in [6.45, 7) is 8.85. The van der Waals surface area contributed by atoms with Crippen molar-refractivity contribution in [2.75, 3.05) is 38.0 Å². The predicted molar refractivity (Wildman–Crippen MR) is 86.8 cm³/mol. The van der Waals surface area contributed by atoms with E-state index >= 15 is 0 Å². The molecular formula is C16H24N4O2. The monoisotopic (exact) mass is 304 g/mol. The average Bonchev–Trinajstić information content (AvgIpc) is 2.47. The summed E-state index contributed by atoms with van der Waals surface area (Å²) in [4.78, 5) is 27.5. The zero-order valence-electron chi connectivity index (χ0n) is 13.2. The van der Waals surface area contributed by atoms with Crippen molar-refractivity contribution in [3.05, 3.63) is 29.8 Å². The Morgan fingerprint density at radius 2 is 1.73 bits per heavy atom. The lowest BCUT2D eigenvalue weighted by atomic mass is 10.1. The molecule has 120 valence electrons. The van der Waals surface area contributed by atoms with E-state index in [-0.39, 0.29) is 5.91 Å². The molecule has 0 aromatic heterocycles. The lowest BCUT2D eigenvalue weighted by Gasteiger charge is -2.35. The SMILES string of the molecule is CC(C)CN1CCN(C(=O)c2ccc(NC(N)=O)cc2)CC1. The van der Waals surface area contributed by atoms with Crippen LogP contribution in [0.25, 0.3) is 0 Å². The first-order chi connectivity index (χ1) is 10.5. The summed E-state index contributed by atoms with van der Waals surface area (Å²) in [5, 5.41) is 2.48. The van der Waals surface area contributed by atoms with Crippen molar-refractivity contribution in [1.29, 1.82) is 0 Å². The Morgan fingerprint density at radius 3 is 2.23 bits per heavy atom. The van der Waals surface area contributed by atoms with E-state index in [0.717, 1.165) is 32.7 Å². The summed E-state index contributed by atoms with van der Waals surface area (Å²) >= 11 is 0. The first kappa shape index (κ1) is 16.3. The van der Waals surface area contributed by atoms with Gasteiger partial charge in [0.25, 0.3) is 5.91 Å². The number of nitrogens with one attached hydrogen (secondary N) is 1. The molecule has 0 radical (unpaired) electrons. The van der Waals surface area contributed by atoms with Gasteiger partial charge in [0.15, 0.2) is 0 Å². The number of benzene rings is 1. The molecule has 3 amide bonds. The Morgan fingerprint density at radius 1 is 1.14 bits per heavy atom. The van der Waals surface area contributed by atoms with Crippen LogP contribution in [0.3, 0.4) is 0 Å². The number of primary amides is 1. The average molecular weight is 304 g/mol. The predicted octanol–water partition coefficient (Wildman–Crippen LogP) is 1.59. The number of amides is 3. The van der Waals surface area contributed by atoms with Crippen LogP contribution in [0.5, 0.6) is 0 Å². The van der Waals surface area contributed by atoms with Gasteiger partial charge in [-0.3, -0.25) is 9.69 Å². The van der Waals surface area contributed by atoms with Crippen LogP contribution in [-0.2, 0) is 0 Å². The lowest BCUT2D eigenvalue weighted by molar-refractivity contribution is 0.0624. The van der Waals surface area contributed by atoms with E-state index in [1.165, 1.54) is 0 Å². The normalized spacial score (nSPS) is 15.9. The van der Waals surface area contributed by atoms with Crippen molar-refractivity contribution >= 4 is 17.6 Å². The highest BCUT2D eigenvalue weighted by atomic mass is 16.2. The number of hydrogen-bond donors (Lipinski definition) is 2. The Hall–Kier alpha value is -2.08. The van der Waals surface area contributed by atoms with Gasteiger partial charge in [-0.25, -0.2) is 4.79 Å². The van der Waals surface area contributed by atoms with Crippen LogP contribution in [0.2, 0.25) is 0 Å². The Labute approximate surface area is 131 Å². The fraction of sp³-hybridized carbons (Fsp3) is 0.500. The third kappa shape index (κ3) is 4.46. The second kappa shape index (κ2) is 7.26. The van der Waals surface area contributed by atoms with Gasteiger partial charge in [-0.05, 0) is 30.2 Å². The number of nitrogens with zero attached hydrogens (tertiary/aromatic N) is 2. The minimum Gasteiger partial charge on any atom is -0.351 e. The minimum atomic E-state index is -0.611. The van der Waals surface area contributed by atoms with E-state index < -0.39 is 6.03 Å². The van der Waals surface area contributed by atoms with E-state index in [9.17, 15) is 9.59 Å². The maximum absolute atomic E-state index is 12.5. The van der Waals surface area contributed by atoms with Gasteiger partial charge >= 0.3 is 6.03 Å². The molecule has 1 heterocycles. The number of urea groups is 1. The third-order valence-corrected chi connectivity index (χ3v) is 3.68. The standard InChI is InChI=1S/C16H24N4O2/c1-12(2)11-19-7-9-20(10-8-19)15(21)13-3-5-14(6-4-13)18-16(17)22/h3-6,12H,7-11H2,1-2H3,(H3,17,18,22). The maximum atomic E-state index is 12.5. The van der Waals surface area contributed by atoms with Crippen LogP contribution in [0, 0.1) is 5.92 Å². The van der Waals surface area contributed by atoms with Gasteiger partial charge < -0.3 is 16.0 Å². The molecule has 1 aromatic rings. The van der Waals surface area contributed by atoms with Gasteiger partial charge in [-0.2, -0.15) is 0 Å². The molecule has 22 heavy (non-hydrogen) atoms. The number of carbonyl (C=O) groups is 2. The molecule has 0 saturated carbocycles. The number of carbonyl (C=O) groups excluding carboxylic acids is 2. The molecular weight excluding hydrogens is 280 g/mol. The molecule has 1 aromatic carbocycles. The Bertz CT molecular complexity index is 519. The Balaban J connectivity index is 1.91. The summed E-state index contributed by atoms with van der Waals surface area (Å²) in [6, 6.07) is 6.20. The molecule has 0 aliphatic carbocycles. The van der Waals surface area contributed by atoms with Crippen molar-refractivity contribution in [3.63, 3.8) is 0 Å². The number of anilines is 1. The number of piperazine rings is 1. The second-order valence-electron chi connectivity index (χ2n) is 6.05. The maximum Gasteiger partial charge on any atom is 0.316 e. The summed E-state index contributed by atoms with van der Waals surface area (Å²) in [5.41, 5.74) is 6.28. The van der Waals surface area contributed by atoms with Crippen molar-refractivity contribution in [2.24, 2.45) is 11.7 Å². The van der Waals surface area contributed by atoms with Crippen LogP contribution in [0.4, 0.5) is 10.5 Å². The molecule has 1 aliphatic heterocycles. The van der Waals surface area contributed by atoms with Gasteiger partial charge in [-0.1, -0.05) is 13.8 Å². The largest absolute Gasteiger partial charge is 0.351 e. The number of rotatable bonds is 4. The summed E-state index contributed by atoms with van der Waals surface area (Å²) in [6.07, 6.45) is 0. The zero-order valence-corrected chi connectivity index (χ0v) is 13.2. The Kier molecular flexibility index (Phi) is 5.38. The topological polar surface area (TPSA) is 78.7 Å². The molecule has 0 atom stereocenters. The summed E-state index contributed by atoms with van der Waals surface area (Å²) in [7, 11) is 0. The fourth-order valence-electron chi connectivity index (χ4n) is 2.67. The molecule has 6 heteroatoms. The number of hydrogen-bond acceptors (Lipinski definition) is 3. The molecule has 1 aliphatic rings. The third-order valence-electron chi connectivity index (χ3n) is 3.68. The van der Waals surface area contributed by atoms with Crippen molar-refractivity contribution < 1.29 is 9.59 Å². The first-order valence-electron chi connectivity index (χ1n) is 7.64. The van der Waals surface area contributed by atoms with Crippen molar-refractivity contribution in [1.82, 2.24) is 9.80 Å². The van der Waals surface area contributed by atoms with Crippen LogP contribution < -0.4 is 11.1 Å². The van der Waals surface area contributed by atoms with Crippen LogP contribution >= 0.6 is 0 Å². The highest BCUT2D eigenvalue weighted by Gasteiger charge is 2.22. The molecule has 2 rings (SSSR count).